The molecule has 0 N–H and O–H groups in total. The Balaban J connectivity index is 1.73. The summed E-state index contributed by atoms with van der Waals surface area (Å²) < 4.78 is 13.4. The average Bonchev–Trinajstić information content (AvgIpc) is 2.60. The van der Waals surface area contributed by atoms with Crippen LogP contribution in [0, 0.1) is 0 Å². The van der Waals surface area contributed by atoms with E-state index in [1.165, 1.54) is 17.7 Å². The van der Waals surface area contributed by atoms with E-state index in [1.807, 2.05) is 24.3 Å². The lowest BCUT2D eigenvalue weighted by Crippen LogP contribution is -2.37. The monoisotopic (exact) mass is 350 g/mol. The largest absolute Gasteiger partial charge is 0.497 e. The van der Waals surface area contributed by atoms with Crippen LogP contribution in [-0.4, -0.2) is 28.6 Å². The first-order valence-electron chi connectivity index (χ1n) is 7.63. The molecule has 0 aliphatic carbocycles. The number of aromatic nitrogens is 2. The Morgan fingerprint density at radius 1 is 1.04 bits per heavy atom. The summed E-state index contributed by atoms with van der Waals surface area (Å²) in [5.41, 5.74) is 0.182. The smallest absolute Gasteiger partial charge is 0.330 e. The summed E-state index contributed by atoms with van der Waals surface area (Å²) in [4.78, 5) is 23.5. The molecule has 7 heteroatoms. The molecule has 2 aromatic rings. The number of ether oxygens (including phenoxy) is 2. The molecule has 0 fully saturated rings. The summed E-state index contributed by atoms with van der Waals surface area (Å²) in [5, 5.41) is 0. The molecule has 1 aromatic heterocycles. The Labute approximate surface area is 145 Å². The first kappa shape index (κ1) is 18.2. The van der Waals surface area contributed by atoms with Gasteiger partial charge in [0.2, 0.25) is 0 Å². The van der Waals surface area contributed by atoms with Gasteiger partial charge in [0, 0.05) is 31.6 Å². The van der Waals surface area contributed by atoms with Crippen molar-refractivity contribution in [1.82, 2.24) is 9.13 Å². The lowest BCUT2D eigenvalue weighted by molar-refractivity contribution is 0.318. The third-order valence-corrected chi connectivity index (χ3v) is 4.71. The molecule has 6 nitrogen and oxygen atoms in total. The van der Waals surface area contributed by atoms with Gasteiger partial charge in [-0.2, -0.15) is 11.8 Å². The van der Waals surface area contributed by atoms with E-state index in [9.17, 15) is 9.59 Å². The van der Waals surface area contributed by atoms with Gasteiger partial charge in [-0.1, -0.05) is 0 Å². The van der Waals surface area contributed by atoms with Crippen molar-refractivity contribution in [2.75, 3.05) is 19.5 Å². The molecule has 1 heterocycles. The van der Waals surface area contributed by atoms with E-state index in [-0.39, 0.29) is 11.2 Å². The highest BCUT2D eigenvalue weighted by atomic mass is 32.2. The van der Waals surface area contributed by atoms with E-state index in [1.54, 1.807) is 25.9 Å². The van der Waals surface area contributed by atoms with Crippen LogP contribution in [0.5, 0.6) is 11.5 Å². The second-order valence-electron chi connectivity index (χ2n) is 5.30. The van der Waals surface area contributed by atoms with Crippen molar-refractivity contribution in [3.8, 4) is 11.5 Å². The minimum Gasteiger partial charge on any atom is -0.497 e. The molecule has 24 heavy (non-hydrogen) atoms. The minimum atomic E-state index is -0.291. The van der Waals surface area contributed by atoms with E-state index < -0.39 is 0 Å². The quantitative estimate of drug-likeness (QED) is 0.679. The van der Waals surface area contributed by atoms with Crippen molar-refractivity contribution >= 4 is 11.8 Å². The molecule has 1 aromatic carbocycles. The van der Waals surface area contributed by atoms with E-state index in [2.05, 4.69) is 0 Å². The Morgan fingerprint density at radius 2 is 1.71 bits per heavy atom. The summed E-state index contributed by atoms with van der Waals surface area (Å²) in [6, 6.07) is 8.99. The zero-order valence-electron chi connectivity index (χ0n) is 14.2. The van der Waals surface area contributed by atoms with E-state index in [4.69, 9.17) is 9.47 Å². The first-order chi connectivity index (χ1) is 11.5. The molecule has 0 amide bonds. The van der Waals surface area contributed by atoms with Gasteiger partial charge in [-0.05, 0) is 36.4 Å². The van der Waals surface area contributed by atoms with Gasteiger partial charge >= 0.3 is 5.69 Å². The van der Waals surface area contributed by atoms with Crippen LogP contribution in [0.3, 0.4) is 0 Å². The third kappa shape index (κ3) is 4.67. The van der Waals surface area contributed by atoms with Gasteiger partial charge in [0.25, 0.3) is 5.56 Å². The maximum absolute atomic E-state index is 11.8. The van der Waals surface area contributed by atoms with Crippen molar-refractivity contribution < 1.29 is 9.47 Å². The van der Waals surface area contributed by atoms with Gasteiger partial charge in [-0.3, -0.25) is 13.9 Å². The standard InChI is InChI=1S/C17H22N2O4S/c1-18-13(11-16(20)19(2)17(18)21)12-24-10-4-9-23-15-7-5-14(22-3)6-8-15/h5-8,11H,4,9-10,12H2,1-3H3. The average molecular weight is 350 g/mol. The topological polar surface area (TPSA) is 62.5 Å². The number of methoxy groups -OCH3 is 1. The molecule has 0 atom stereocenters. The predicted octanol–water partition coefficient (Wildman–Crippen LogP) is 1.79. The van der Waals surface area contributed by atoms with Crippen LogP contribution >= 0.6 is 11.8 Å². The second kappa shape index (κ2) is 8.63. The molecule has 0 aliphatic rings. The number of hydrogen-bond donors (Lipinski definition) is 0. The van der Waals surface area contributed by atoms with Gasteiger partial charge in [0.05, 0.1) is 13.7 Å². The number of rotatable bonds is 8. The number of benzene rings is 1. The highest BCUT2D eigenvalue weighted by Gasteiger charge is 2.05. The molecule has 130 valence electrons. The molecule has 0 spiro atoms. The molecule has 0 unspecified atom stereocenters. The minimum absolute atomic E-state index is 0.267. The van der Waals surface area contributed by atoms with Crippen LogP contribution in [0.4, 0.5) is 0 Å². The number of thioether (sulfide) groups is 1. The van der Waals surface area contributed by atoms with E-state index in [0.29, 0.717) is 12.4 Å². The van der Waals surface area contributed by atoms with Crippen LogP contribution in [0.1, 0.15) is 12.1 Å². The van der Waals surface area contributed by atoms with Crippen LogP contribution in [-0.2, 0) is 19.8 Å². The summed E-state index contributed by atoms with van der Waals surface area (Å²) in [6.07, 6.45) is 0.884. The van der Waals surface area contributed by atoms with Crippen molar-refractivity contribution in [3.05, 3.63) is 56.9 Å². The second-order valence-corrected chi connectivity index (χ2v) is 6.41. The predicted molar refractivity (Wildman–Crippen MR) is 96.2 cm³/mol. The zero-order valence-corrected chi connectivity index (χ0v) is 15.0. The van der Waals surface area contributed by atoms with Crippen molar-refractivity contribution in [2.45, 2.75) is 12.2 Å². The Hall–Kier alpha value is -2.15. The third-order valence-electron chi connectivity index (χ3n) is 3.64. The summed E-state index contributed by atoms with van der Waals surface area (Å²) in [6.45, 7) is 0.620. The molecule has 2 rings (SSSR count). The first-order valence-corrected chi connectivity index (χ1v) is 8.79. The van der Waals surface area contributed by atoms with Crippen LogP contribution in [0.2, 0.25) is 0 Å². The van der Waals surface area contributed by atoms with Crippen molar-refractivity contribution in [1.29, 1.82) is 0 Å². The lowest BCUT2D eigenvalue weighted by atomic mass is 10.3. The zero-order chi connectivity index (χ0) is 17.5. The van der Waals surface area contributed by atoms with E-state index >= 15 is 0 Å². The number of nitrogens with zero attached hydrogens (tertiary/aromatic N) is 2. The van der Waals surface area contributed by atoms with Gasteiger partial charge in [0.1, 0.15) is 11.5 Å². The Bertz CT molecular complexity index is 781. The molecule has 0 radical (unpaired) electrons. The molecule has 0 bridgehead atoms. The lowest BCUT2D eigenvalue weighted by Gasteiger charge is -2.09. The maximum atomic E-state index is 11.8. The van der Waals surface area contributed by atoms with Crippen molar-refractivity contribution in [2.24, 2.45) is 14.1 Å². The fourth-order valence-electron chi connectivity index (χ4n) is 2.12. The summed E-state index contributed by atoms with van der Waals surface area (Å²) >= 11 is 1.68. The molecular formula is C17H22N2O4S. The maximum Gasteiger partial charge on any atom is 0.330 e. The van der Waals surface area contributed by atoms with Crippen LogP contribution < -0.4 is 20.7 Å². The van der Waals surface area contributed by atoms with Gasteiger partial charge < -0.3 is 9.47 Å². The van der Waals surface area contributed by atoms with Gasteiger partial charge in [-0.15, -0.1) is 0 Å². The molecule has 0 aliphatic heterocycles. The highest BCUT2D eigenvalue weighted by Crippen LogP contribution is 2.17. The summed E-state index contributed by atoms with van der Waals surface area (Å²) in [7, 11) is 4.80. The summed E-state index contributed by atoms with van der Waals surface area (Å²) in [5.74, 6) is 3.14. The van der Waals surface area contributed by atoms with Crippen LogP contribution in [0.15, 0.2) is 39.9 Å². The molecular weight excluding hydrogens is 328 g/mol. The Kier molecular flexibility index (Phi) is 6.54. The van der Waals surface area contributed by atoms with Gasteiger partial charge in [-0.25, -0.2) is 4.79 Å². The van der Waals surface area contributed by atoms with Crippen molar-refractivity contribution in [3.63, 3.8) is 0 Å². The Morgan fingerprint density at radius 3 is 2.38 bits per heavy atom. The fraction of sp³-hybridized carbons (Fsp3) is 0.412. The SMILES string of the molecule is COc1ccc(OCCCSCc2cc(=O)n(C)c(=O)n2C)cc1. The normalized spacial score (nSPS) is 10.6. The van der Waals surface area contributed by atoms with Crippen LogP contribution in [0.25, 0.3) is 0 Å². The van der Waals surface area contributed by atoms with E-state index in [0.717, 1.165) is 33.9 Å². The molecule has 0 saturated carbocycles. The van der Waals surface area contributed by atoms with Gasteiger partial charge in [0.15, 0.2) is 0 Å². The number of hydrogen-bond acceptors (Lipinski definition) is 5. The highest BCUT2D eigenvalue weighted by molar-refractivity contribution is 7.98. The molecule has 0 saturated heterocycles. The fourth-order valence-corrected chi connectivity index (χ4v) is 3.07.